The van der Waals surface area contributed by atoms with Gasteiger partial charge in [0.2, 0.25) is 0 Å². The van der Waals surface area contributed by atoms with Crippen molar-refractivity contribution < 1.29 is 0 Å². The Kier molecular flexibility index (Phi) is 5.76. The summed E-state index contributed by atoms with van der Waals surface area (Å²) < 4.78 is 0. The summed E-state index contributed by atoms with van der Waals surface area (Å²) in [7, 11) is 0. The maximum absolute atomic E-state index is 11.4. The number of hydrogen-bond acceptors (Lipinski definition) is 4. The maximum Gasteiger partial charge on any atom is 0.251 e. The van der Waals surface area contributed by atoms with Gasteiger partial charge >= 0.3 is 0 Å². The number of nitrogens with zero attached hydrogens (tertiary/aromatic N) is 1. The quantitative estimate of drug-likeness (QED) is 0.226. The van der Waals surface area contributed by atoms with Crippen molar-refractivity contribution in [3.63, 3.8) is 0 Å². The van der Waals surface area contributed by atoms with E-state index in [1.807, 2.05) is 0 Å². The van der Waals surface area contributed by atoms with Gasteiger partial charge in [0.1, 0.15) is 0 Å². The molecule has 1 heterocycles. The van der Waals surface area contributed by atoms with Crippen LogP contribution in [0.2, 0.25) is 0 Å². The number of amidine groups is 1. The number of aromatic amines is 1. The fourth-order valence-corrected chi connectivity index (χ4v) is 2.20. The first-order chi connectivity index (χ1) is 8.11. The monoisotopic (exact) mass is 254 g/mol. The van der Waals surface area contributed by atoms with Crippen molar-refractivity contribution in [1.29, 1.82) is 5.41 Å². The van der Waals surface area contributed by atoms with Crippen LogP contribution in [0.1, 0.15) is 31.9 Å². The molecule has 0 aliphatic rings. The van der Waals surface area contributed by atoms with E-state index in [1.54, 1.807) is 6.07 Å². The summed E-state index contributed by atoms with van der Waals surface area (Å²) >= 11 is 1.50. The summed E-state index contributed by atoms with van der Waals surface area (Å²) in [5, 5.41) is 7.75. The molecule has 0 aliphatic heterocycles. The number of H-pyrrole nitrogens is 1. The molecule has 0 aliphatic carbocycles. The first-order valence-corrected chi connectivity index (χ1v) is 6.66. The Morgan fingerprint density at radius 3 is 3.06 bits per heavy atom. The van der Waals surface area contributed by atoms with Crippen LogP contribution in [0.25, 0.3) is 0 Å². The van der Waals surface area contributed by atoms with Gasteiger partial charge in [-0.25, -0.2) is 4.98 Å². The molecule has 0 bridgehead atoms. The van der Waals surface area contributed by atoms with E-state index in [4.69, 9.17) is 11.1 Å². The summed E-state index contributed by atoms with van der Waals surface area (Å²) in [5.74, 6) is 1.00. The highest BCUT2D eigenvalue weighted by atomic mass is 32.2. The smallest absolute Gasteiger partial charge is 0.251 e. The molecule has 0 fully saturated rings. The second kappa shape index (κ2) is 7.11. The van der Waals surface area contributed by atoms with Crippen LogP contribution in [-0.2, 0) is 6.42 Å². The molecule has 94 valence electrons. The van der Waals surface area contributed by atoms with Gasteiger partial charge in [0.25, 0.3) is 5.56 Å². The molecule has 4 N–H and O–H groups in total. The number of aryl methyl sites for hydroxylation is 1. The van der Waals surface area contributed by atoms with E-state index in [2.05, 4.69) is 16.9 Å². The molecule has 0 amide bonds. The Hall–Kier alpha value is -1.30. The molecular formula is C11H18N4OS. The number of nitrogens with one attached hydrogen (secondary N) is 2. The normalized spacial score (nSPS) is 10.4. The van der Waals surface area contributed by atoms with E-state index in [-0.39, 0.29) is 11.4 Å². The highest BCUT2D eigenvalue weighted by Gasteiger charge is 2.01. The van der Waals surface area contributed by atoms with Crippen molar-refractivity contribution in [3.05, 3.63) is 22.1 Å². The predicted octanol–water partition coefficient (Wildman–Crippen LogP) is 1.53. The zero-order chi connectivity index (χ0) is 12.7. The van der Waals surface area contributed by atoms with Crippen molar-refractivity contribution in [2.24, 2.45) is 5.73 Å². The van der Waals surface area contributed by atoms with Gasteiger partial charge in [-0.1, -0.05) is 25.1 Å². The van der Waals surface area contributed by atoms with Crippen molar-refractivity contribution in [2.45, 2.75) is 37.8 Å². The van der Waals surface area contributed by atoms with Gasteiger partial charge < -0.3 is 10.7 Å². The minimum Gasteiger partial charge on any atom is -0.388 e. The topological polar surface area (TPSA) is 95.6 Å². The van der Waals surface area contributed by atoms with Crippen LogP contribution in [0, 0.1) is 5.41 Å². The zero-order valence-electron chi connectivity index (χ0n) is 9.95. The molecule has 0 unspecified atom stereocenters. The van der Waals surface area contributed by atoms with Crippen LogP contribution in [0.5, 0.6) is 0 Å². The summed E-state index contributed by atoms with van der Waals surface area (Å²) in [5.41, 5.74) is 6.00. The molecule has 0 aromatic carbocycles. The van der Waals surface area contributed by atoms with Gasteiger partial charge in [0.05, 0.1) is 5.84 Å². The van der Waals surface area contributed by atoms with Crippen LogP contribution in [0.3, 0.4) is 0 Å². The number of rotatable bonds is 7. The molecule has 0 spiro atoms. The van der Waals surface area contributed by atoms with Gasteiger partial charge in [-0.2, -0.15) is 0 Å². The molecule has 0 saturated carbocycles. The number of nitrogens with two attached hydrogens (primary N) is 1. The predicted molar refractivity (Wildman–Crippen MR) is 70.7 cm³/mol. The molecule has 17 heavy (non-hydrogen) atoms. The molecule has 0 saturated heterocycles. The Morgan fingerprint density at radius 1 is 1.65 bits per heavy atom. The highest BCUT2D eigenvalue weighted by Crippen LogP contribution is 2.13. The summed E-state index contributed by atoms with van der Waals surface area (Å²) in [6.07, 6.45) is 3.21. The molecule has 5 nitrogen and oxygen atoms in total. The summed E-state index contributed by atoms with van der Waals surface area (Å²) in [4.78, 5) is 18.4. The molecule has 1 rings (SSSR count). The minimum atomic E-state index is -0.0995. The Bertz CT molecular complexity index is 430. The minimum absolute atomic E-state index is 0.0995. The van der Waals surface area contributed by atoms with E-state index in [1.165, 1.54) is 11.8 Å². The van der Waals surface area contributed by atoms with Gasteiger partial charge in [0.15, 0.2) is 5.16 Å². The maximum atomic E-state index is 11.4. The Labute approximate surface area is 105 Å². The standard InChI is InChI=1S/C11H18N4OS/c1-2-4-8-7-10(16)15-11(14-8)17-6-3-5-9(12)13/h7H,2-6H2,1H3,(H3,12,13)(H,14,15,16). The first-order valence-electron chi connectivity index (χ1n) is 5.67. The third-order valence-electron chi connectivity index (χ3n) is 2.11. The zero-order valence-corrected chi connectivity index (χ0v) is 10.8. The van der Waals surface area contributed by atoms with Crippen LogP contribution in [0.15, 0.2) is 16.0 Å². The lowest BCUT2D eigenvalue weighted by atomic mass is 10.2. The summed E-state index contributed by atoms with van der Waals surface area (Å²) in [6, 6.07) is 1.54. The fraction of sp³-hybridized carbons (Fsp3) is 0.545. The van der Waals surface area contributed by atoms with Crippen LogP contribution in [-0.4, -0.2) is 21.6 Å². The number of hydrogen-bond donors (Lipinski definition) is 3. The van der Waals surface area contributed by atoms with Gasteiger partial charge in [-0.15, -0.1) is 0 Å². The molecule has 6 heteroatoms. The molecule has 1 aromatic rings. The van der Waals surface area contributed by atoms with E-state index < -0.39 is 0 Å². The summed E-state index contributed by atoms with van der Waals surface area (Å²) in [6.45, 7) is 2.06. The lowest BCUT2D eigenvalue weighted by Gasteiger charge is -2.03. The van der Waals surface area contributed by atoms with E-state index in [9.17, 15) is 4.79 Å². The fourth-order valence-electron chi connectivity index (χ4n) is 1.37. The molecule has 1 aromatic heterocycles. The second-order valence-corrected chi connectivity index (χ2v) is 4.85. The van der Waals surface area contributed by atoms with E-state index >= 15 is 0 Å². The van der Waals surface area contributed by atoms with Crippen molar-refractivity contribution in [2.75, 3.05) is 5.75 Å². The van der Waals surface area contributed by atoms with E-state index in [0.717, 1.165) is 30.7 Å². The third-order valence-corrected chi connectivity index (χ3v) is 3.07. The van der Waals surface area contributed by atoms with Crippen LogP contribution >= 0.6 is 11.8 Å². The number of aromatic nitrogens is 2. The van der Waals surface area contributed by atoms with Crippen LogP contribution < -0.4 is 11.3 Å². The number of thioether (sulfide) groups is 1. The lowest BCUT2D eigenvalue weighted by molar-refractivity contribution is 0.815. The SMILES string of the molecule is CCCc1cc(=O)[nH]c(SCCCC(=N)N)n1. The molecular weight excluding hydrogens is 236 g/mol. The highest BCUT2D eigenvalue weighted by molar-refractivity contribution is 7.99. The average Bonchev–Trinajstić information content (AvgIpc) is 2.24. The van der Waals surface area contributed by atoms with Crippen molar-refractivity contribution in [3.8, 4) is 0 Å². The van der Waals surface area contributed by atoms with Gasteiger partial charge in [0, 0.05) is 23.9 Å². The largest absolute Gasteiger partial charge is 0.388 e. The van der Waals surface area contributed by atoms with Gasteiger partial charge in [-0.05, 0) is 12.8 Å². The van der Waals surface area contributed by atoms with E-state index in [0.29, 0.717) is 11.6 Å². The van der Waals surface area contributed by atoms with Crippen LogP contribution in [0.4, 0.5) is 0 Å². The lowest BCUT2D eigenvalue weighted by Crippen LogP contribution is -2.11. The Morgan fingerprint density at radius 2 is 2.41 bits per heavy atom. The average molecular weight is 254 g/mol. The first kappa shape index (κ1) is 13.8. The Balaban J connectivity index is 2.52. The molecule has 0 radical (unpaired) electrons. The third kappa shape index (κ3) is 5.53. The van der Waals surface area contributed by atoms with Crippen molar-refractivity contribution in [1.82, 2.24) is 9.97 Å². The molecule has 0 atom stereocenters. The second-order valence-electron chi connectivity index (χ2n) is 3.77. The van der Waals surface area contributed by atoms with Gasteiger partial charge in [-0.3, -0.25) is 10.2 Å². The van der Waals surface area contributed by atoms with Crippen molar-refractivity contribution >= 4 is 17.6 Å².